The van der Waals surface area contributed by atoms with E-state index in [1.54, 1.807) is 12.1 Å². The van der Waals surface area contributed by atoms with Crippen LogP contribution in [0, 0.1) is 11.6 Å². The number of rotatable bonds is 7. The Morgan fingerprint density at radius 1 is 0.960 bits per heavy atom. The molecule has 1 amide bonds. The van der Waals surface area contributed by atoms with Gasteiger partial charge in [-0.3, -0.25) is 9.59 Å². The van der Waals surface area contributed by atoms with Crippen molar-refractivity contribution in [3.8, 4) is 5.75 Å². The Bertz CT molecular complexity index is 822. The molecule has 2 aromatic carbocycles. The van der Waals surface area contributed by atoms with Crippen LogP contribution in [-0.2, 0) is 9.53 Å². The molecule has 0 fully saturated rings. The van der Waals surface area contributed by atoms with Gasteiger partial charge in [-0.2, -0.15) is 0 Å². The summed E-state index contributed by atoms with van der Waals surface area (Å²) in [5.74, 6) is -4.20. The molecule has 25 heavy (non-hydrogen) atoms. The minimum absolute atomic E-state index is 0.0770. The summed E-state index contributed by atoms with van der Waals surface area (Å²) in [6.45, 7) is -1.37. The van der Waals surface area contributed by atoms with Gasteiger partial charge < -0.3 is 15.2 Å². The van der Waals surface area contributed by atoms with E-state index < -0.39 is 48.1 Å². The van der Waals surface area contributed by atoms with Gasteiger partial charge in [-0.1, -0.05) is 12.1 Å². The summed E-state index contributed by atoms with van der Waals surface area (Å²) in [5.41, 5.74) is 4.72. The van der Waals surface area contributed by atoms with Crippen LogP contribution in [-0.4, -0.2) is 30.9 Å². The van der Waals surface area contributed by atoms with Crippen molar-refractivity contribution in [1.29, 1.82) is 0 Å². The molecule has 0 saturated heterocycles. The van der Waals surface area contributed by atoms with Gasteiger partial charge in [0.25, 0.3) is 5.91 Å². The number of carbonyl (C=O) groups is 3. The number of nitrogens with two attached hydrogens (primary N) is 1. The first-order valence-corrected chi connectivity index (χ1v) is 7.04. The summed E-state index contributed by atoms with van der Waals surface area (Å²) < 4.78 is 36.2. The second-order valence-corrected chi connectivity index (χ2v) is 4.86. The molecule has 0 aromatic heterocycles. The maximum absolute atomic E-state index is 13.4. The highest BCUT2D eigenvalue weighted by Gasteiger charge is 2.16. The minimum Gasteiger partial charge on any atom is -0.481 e. The minimum atomic E-state index is -0.926. The van der Waals surface area contributed by atoms with Crippen LogP contribution in [0.25, 0.3) is 0 Å². The Morgan fingerprint density at radius 2 is 1.68 bits per heavy atom. The third kappa shape index (κ3) is 4.84. The van der Waals surface area contributed by atoms with Gasteiger partial charge in [0, 0.05) is 0 Å². The fourth-order valence-corrected chi connectivity index (χ4v) is 1.91. The monoisotopic (exact) mass is 349 g/mol. The fourth-order valence-electron chi connectivity index (χ4n) is 1.91. The van der Waals surface area contributed by atoms with Crippen LogP contribution in [0.1, 0.15) is 20.7 Å². The zero-order valence-corrected chi connectivity index (χ0v) is 12.8. The van der Waals surface area contributed by atoms with Crippen molar-refractivity contribution in [3.05, 3.63) is 65.2 Å². The predicted octanol–water partition coefficient (Wildman–Crippen LogP) is 1.87. The van der Waals surface area contributed by atoms with Gasteiger partial charge in [-0.25, -0.2) is 13.6 Å². The third-order valence-corrected chi connectivity index (χ3v) is 3.09. The smallest absolute Gasteiger partial charge is 0.344 e. The Balaban J connectivity index is 1.90. The molecule has 0 radical (unpaired) electrons. The van der Waals surface area contributed by atoms with E-state index in [0.717, 1.165) is 12.1 Å². The number of esters is 1. The molecule has 2 rings (SSSR count). The van der Waals surface area contributed by atoms with E-state index >= 15 is 0 Å². The van der Waals surface area contributed by atoms with E-state index in [0.29, 0.717) is 6.07 Å². The molecule has 0 spiro atoms. The highest BCUT2D eigenvalue weighted by molar-refractivity contribution is 5.98. The molecule has 6 nitrogen and oxygen atoms in total. The number of ketones is 1. The third-order valence-electron chi connectivity index (χ3n) is 3.09. The number of primary amides is 1. The van der Waals surface area contributed by atoms with Crippen LogP contribution < -0.4 is 10.5 Å². The van der Waals surface area contributed by atoms with E-state index in [2.05, 4.69) is 4.74 Å². The average Bonchev–Trinajstić information content (AvgIpc) is 2.60. The Labute approximate surface area is 141 Å². The van der Waals surface area contributed by atoms with Gasteiger partial charge in [-0.15, -0.1) is 0 Å². The van der Waals surface area contributed by atoms with Crippen LogP contribution in [0.2, 0.25) is 0 Å². The normalized spacial score (nSPS) is 10.2. The van der Waals surface area contributed by atoms with Crippen molar-refractivity contribution >= 4 is 17.7 Å². The summed E-state index contributed by atoms with van der Waals surface area (Å²) in [7, 11) is 0. The first-order chi connectivity index (χ1) is 11.9. The van der Waals surface area contributed by atoms with Crippen molar-refractivity contribution < 1.29 is 32.6 Å². The molecule has 0 unspecified atom stereocenters. The maximum atomic E-state index is 13.4. The quantitative estimate of drug-likeness (QED) is 0.608. The first-order valence-electron chi connectivity index (χ1n) is 7.04. The molecule has 0 bridgehead atoms. The van der Waals surface area contributed by atoms with Crippen molar-refractivity contribution in [3.63, 3.8) is 0 Å². The largest absolute Gasteiger partial charge is 0.481 e. The van der Waals surface area contributed by atoms with E-state index in [4.69, 9.17) is 10.5 Å². The number of amides is 1. The lowest BCUT2D eigenvalue weighted by Gasteiger charge is -2.09. The number of hydrogen-bond acceptors (Lipinski definition) is 5. The molecule has 0 heterocycles. The number of benzene rings is 2. The van der Waals surface area contributed by atoms with Gasteiger partial charge >= 0.3 is 5.97 Å². The summed E-state index contributed by atoms with van der Waals surface area (Å²) >= 11 is 0. The number of Topliss-reactive ketones (excluding diaryl/α,β-unsaturated/α-hetero) is 1. The molecule has 0 aliphatic heterocycles. The zero-order valence-electron chi connectivity index (χ0n) is 12.8. The average molecular weight is 349 g/mol. The SMILES string of the molecule is NC(=O)c1ccccc1OCC(=O)OCC(=O)c1cc(F)ccc1F. The molecular formula is C17H13F2NO5. The second kappa shape index (κ2) is 8.00. The molecule has 2 N–H and O–H groups in total. The van der Waals surface area contributed by atoms with Crippen molar-refractivity contribution in [2.45, 2.75) is 0 Å². The van der Waals surface area contributed by atoms with Crippen LogP contribution in [0.15, 0.2) is 42.5 Å². The first kappa shape index (κ1) is 18.1. The topological polar surface area (TPSA) is 95.7 Å². The molecular weight excluding hydrogens is 336 g/mol. The van der Waals surface area contributed by atoms with Crippen LogP contribution in [0.3, 0.4) is 0 Å². The lowest BCUT2D eigenvalue weighted by molar-refractivity contribution is -0.144. The summed E-state index contributed by atoms with van der Waals surface area (Å²) in [6.07, 6.45) is 0. The Morgan fingerprint density at radius 3 is 2.40 bits per heavy atom. The zero-order chi connectivity index (χ0) is 18.4. The second-order valence-electron chi connectivity index (χ2n) is 4.86. The maximum Gasteiger partial charge on any atom is 0.344 e. The molecule has 8 heteroatoms. The molecule has 0 saturated carbocycles. The number of halogens is 2. The van der Waals surface area contributed by atoms with E-state index in [9.17, 15) is 23.2 Å². The van der Waals surface area contributed by atoms with E-state index in [1.165, 1.54) is 12.1 Å². The Kier molecular flexibility index (Phi) is 5.78. The summed E-state index contributed by atoms with van der Waals surface area (Å²) in [6, 6.07) is 8.36. The highest BCUT2D eigenvalue weighted by atomic mass is 19.1. The van der Waals surface area contributed by atoms with Gasteiger partial charge in [-0.05, 0) is 30.3 Å². The van der Waals surface area contributed by atoms with Gasteiger partial charge in [0.05, 0.1) is 11.1 Å². The van der Waals surface area contributed by atoms with Gasteiger partial charge in [0.15, 0.2) is 13.2 Å². The summed E-state index contributed by atoms with van der Waals surface area (Å²) in [4.78, 5) is 34.6. The standard InChI is InChI=1S/C17H13F2NO5/c18-10-5-6-13(19)12(7-10)14(21)8-25-16(22)9-24-15-4-2-1-3-11(15)17(20)23/h1-7H,8-9H2,(H2,20,23). The number of para-hydroxylation sites is 1. The van der Waals surface area contributed by atoms with Crippen molar-refractivity contribution in [2.75, 3.05) is 13.2 Å². The molecule has 2 aromatic rings. The Hall–Kier alpha value is -3.29. The van der Waals surface area contributed by atoms with E-state index in [1.807, 2.05) is 0 Å². The van der Waals surface area contributed by atoms with Crippen LogP contribution in [0.4, 0.5) is 8.78 Å². The van der Waals surface area contributed by atoms with Gasteiger partial charge in [0.2, 0.25) is 5.78 Å². The number of ether oxygens (including phenoxy) is 2. The van der Waals surface area contributed by atoms with Gasteiger partial charge in [0.1, 0.15) is 17.4 Å². The van der Waals surface area contributed by atoms with Crippen molar-refractivity contribution in [1.82, 2.24) is 0 Å². The summed E-state index contributed by atoms with van der Waals surface area (Å²) in [5, 5.41) is 0. The molecule has 130 valence electrons. The van der Waals surface area contributed by atoms with Crippen molar-refractivity contribution in [2.24, 2.45) is 5.73 Å². The molecule has 0 atom stereocenters. The lowest BCUT2D eigenvalue weighted by atomic mass is 10.1. The predicted molar refractivity (Wildman–Crippen MR) is 82.1 cm³/mol. The fraction of sp³-hybridized carbons (Fsp3) is 0.118. The lowest BCUT2D eigenvalue weighted by Crippen LogP contribution is -2.21. The number of hydrogen-bond donors (Lipinski definition) is 1. The highest BCUT2D eigenvalue weighted by Crippen LogP contribution is 2.17. The van der Waals surface area contributed by atoms with Crippen LogP contribution >= 0.6 is 0 Å². The number of carbonyl (C=O) groups excluding carboxylic acids is 3. The van der Waals surface area contributed by atoms with E-state index in [-0.39, 0.29) is 11.3 Å². The molecule has 0 aliphatic carbocycles. The van der Waals surface area contributed by atoms with Crippen LogP contribution in [0.5, 0.6) is 5.75 Å². The molecule has 0 aliphatic rings.